The molecular formula is C15H22ClFN2OS. The summed E-state index contributed by atoms with van der Waals surface area (Å²) in [6, 6.07) is 7.23. The third-order valence-electron chi connectivity index (χ3n) is 3.67. The molecule has 1 fully saturated rings. The fourth-order valence-electron chi connectivity index (χ4n) is 2.39. The second kappa shape index (κ2) is 9.28. The Morgan fingerprint density at radius 3 is 2.67 bits per heavy atom. The normalized spacial score (nSPS) is 15.6. The Balaban J connectivity index is 0.00000220. The van der Waals surface area contributed by atoms with Crippen LogP contribution in [0.2, 0.25) is 0 Å². The van der Waals surface area contributed by atoms with Gasteiger partial charge in [-0.05, 0) is 32.0 Å². The highest BCUT2D eigenvalue weighted by atomic mass is 35.5. The minimum Gasteiger partial charge on any atom is -0.343 e. The van der Waals surface area contributed by atoms with Crippen LogP contribution in [0, 0.1) is 5.82 Å². The summed E-state index contributed by atoms with van der Waals surface area (Å²) in [6.07, 6.45) is 2.51. The van der Waals surface area contributed by atoms with Gasteiger partial charge in [-0.2, -0.15) is 0 Å². The van der Waals surface area contributed by atoms with Crippen LogP contribution in [0.3, 0.4) is 0 Å². The van der Waals surface area contributed by atoms with Gasteiger partial charge in [0.25, 0.3) is 0 Å². The number of hydrogen-bond donors (Lipinski definition) is 1. The van der Waals surface area contributed by atoms with E-state index < -0.39 is 0 Å². The fraction of sp³-hybridized carbons (Fsp3) is 0.533. The van der Waals surface area contributed by atoms with Gasteiger partial charge in [0.05, 0.1) is 0 Å². The van der Waals surface area contributed by atoms with Gasteiger partial charge >= 0.3 is 0 Å². The number of carbonyl (C=O) groups excluding carboxylic acids is 1. The van der Waals surface area contributed by atoms with E-state index in [-0.39, 0.29) is 24.1 Å². The van der Waals surface area contributed by atoms with Crippen LogP contribution in [0.4, 0.5) is 4.39 Å². The number of nitrogens with zero attached hydrogens (tertiary/aromatic N) is 1. The van der Waals surface area contributed by atoms with E-state index in [0.717, 1.165) is 25.9 Å². The number of piperidine rings is 1. The first kappa shape index (κ1) is 18.3. The molecule has 0 unspecified atom stereocenters. The summed E-state index contributed by atoms with van der Waals surface area (Å²) in [5.41, 5.74) is 0. The van der Waals surface area contributed by atoms with Crippen LogP contribution in [0.25, 0.3) is 0 Å². The molecule has 0 bridgehead atoms. The average molecular weight is 333 g/mol. The van der Waals surface area contributed by atoms with E-state index in [4.69, 9.17) is 0 Å². The molecule has 6 heteroatoms. The van der Waals surface area contributed by atoms with Crippen LogP contribution in [-0.2, 0) is 4.79 Å². The summed E-state index contributed by atoms with van der Waals surface area (Å²) in [4.78, 5) is 14.6. The average Bonchev–Trinajstić information content (AvgIpc) is 2.49. The summed E-state index contributed by atoms with van der Waals surface area (Å²) < 4.78 is 13.4. The van der Waals surface area contributed by atoms with E-state index in [2.05, 4.69) is 5.32 Å². The molecule has 3 nitrogen and oxygen atoms in total. The predicted molar refractivity (Wildman–Crippen MR) is 87.7 cm³/mol. The summed E-state index contributed by atoms with van der Waals surface area (Å²) in [6.45, 7) is 1.66. The Labute approximate surface area is 136 Å². The Hall–Kier alpha value is -0.780. The number of thioether (sulfide) groups is 1. The van der Waals surface area contributed by atoms with Gasteiger partial charge in [0.15, 0.2) is 0 Å². The molecule has 1 saturated heterocycles. The van der Waals surface area contributed by atoms with Gasteiger partial charge in [-0.3, -0.25) is 4.79 Å². The standard InChI is InChI=1S/C15H21FN2OS.ClH/c1-17-12-6-9-18(10-7-12)15(19)8-11-20-14-5-3-2-4-13(14)16;/h2-5,12,17H,6-11H2,1H3;1H. The van der Waals surface area contributed by atoms with E-state index >= 15 is 0 Å². The molecule has 1 aromatic carbocycles. The number of benzene rings is 1. The molecule has 0 spiro atoms. The second-order valence-electron chi connectivity index (χ2n) is 4.97. The maximum Gasteiger partial charge on any atom is 0.223 e. The fourth-order valence-corrected chi connectivity index (χ4v) is 3.26. The minimum absolute atomic E-state index is 0. The molecule has 0 aliphatic carbocycles. The molecule has 21 heavy (non-hydrogen) atoms. The van der Waals surface area contributed by atoms with Crippen molar-refractivity contribution in [3.05, 3.63) is 30.1 Å². The van der Waals surface area contributed by atoms with Gasteiger partial charge in [-0.15, -0.1) is 24.2 Å². The number of halogens is 2. The Kier molecular flexibility index (Phi) is 8.07. The van der Waals surface area contributed by atoms with Crippen LogP contribution >= 0.6 is 24.2 Å². The molecule has 2 rings (SSSR count). The largest absolute Gasteiger partial charge is 0.343 e. The molecule has 0 saturated carbocycles. The first-order chi connectivity index (χ1) is 9.70. The lowest BCUT2D eigenvalue weighted by molar-refractivity contribution is -0.131. The van der Waals surface area contributed by atoms with Crippen molar-refractivity contribution in [1.29, 1.82) is 0 Å². The van der Waals surface area contributed by atoms with Crippen LogP contribution in [0.5, 0.6) is 0 Å². The summed E-state index contributed by atoms with van der Waals surface area (Å²) in [5, 5.41) is 3.25. The third-order valence-corrected chi connectivity index (χ3v) is 4.72. The number of amides is 1. The zero-order valence-corrected chi connectivity index (χ0v) is 13.8. The van der Waals surface area contributed by atoms with Crippen LogP contribution in [0.1, 0.15) is 19.3 Å². The molecule has 0 atom stereocenters. The zero-order chi connectivity index (χ0) is 14.4. The highest BCUT2D eigenvalue weighted by molar-refractivity contribution is 7.99. The topological polar surface area (TPSA) is 32.3 Å². The van der Waals surface area contributed by atoms with Crippen molar-refractivity contribution in [3.8, 4) is 0 Å². The smallest absolute Gasteiger partial charge is 0.223 e. The van der Waals surface area contributed by atoms with Gasteiger partial charge in [0.1, 0.15) is 5.82 Å². The lowest BCUT2D eigenvalue weighted by atomic mass is 10.1. The molecule has 0 aromatic heterocycles. The van der Waals surface area contributed by atoms with Crippen LogP contribution in [0.15, 0.2) is 29.2 Å². The van der Waals surface area contributed by atoms with Crippen molar-refractivity contribution in [3.63, 3.8) is 0 Å². The lowest BCUT2D eigenvalue weighted by Gasteiger charge is -2.31. The quantitative estimate of drug-likeness (QED) is 0.841. The molecule has 1 aliphatic heterocycles. The van der Waals surface area contributed by atoms with E-state index in [0.29, 0.717) is 23.1 Å². The van der Waals surface area contributed by atoms with E-state index in [1.165, 1.54) is 17.8 Å². The van der Waals surface area contributed by atoms with Crippen molar-refractivity contribution >= 4 is 30.1 Å². The molecule has 1 amide bonds. The maximum atomic E-state index is 13.4. The maximum absolute atomic E-state index is 13.4. The Morgan fingerprint density at radius 1 is 1.38 bits per heavy atom. The molecular weight excluding hydrogens is 311 g/mol. The first-order valence-corrected chi connectivity index (χ1v) is 8.01. The number of likely N-dealkylation sites (tertiary alicyclic amines) is 1. The highest BCUT2D eigenvalue weighted by Gasteiger charge is 2.21. The van der Waals surface area contributed by atoms with Gasteiger partial charge in [-0.1, -0.05) is 12.1 Å². The molecule has 1 aromatic rings. The monoisotopic (exact) mass is 332 g/mol. The molecule has 0 radical (unpaired) electrons. The number of carbonyl (C=O) groups is 1. The van der Waals surface area contributed by atoms with Crippen LogP contribution in [-0.4, -0.2) is 42.7 Å². The van der Waals surface area contributed by atoms with Gasteiger partial charge in [0, 0.05) is 36.2 Å². The summed E-state index contributed by atoms with van der Waals surface area (Å²) in [7, 11) is 1.97. The molecule has 1 N–H and O–H groups in total. The molecule has 1 heterocycles. The lowest BCUT2D eigenvalue weighted by Crippen LogP contribution is -2.44. The van der Waals surface area contributed by atoms with Crippen molar-refractivity contribution in [2.45, 2.75) is 30.2 Å². The van der Waals surface area contributed by atoms with E-state index in [9.17, 15) is 9.18 Å². The van der Waals surface area contributed by atoms with Gasteiger partial charge in [-0.25, -0.2) is 4.39 Å². The number of rotatable bonds is 5. The number of hydrogen-bond acceptors (Lipinski definition) is 3. The van der Waals surface area contributed by atoms with Crippen molar-refractivity contribution in [2.75, 3.05) is 25.9 Å². The third kappa shape index (κ3) is 5.49. The summed E-state index contributed by atoms with van der Waals surface area (Å²) >= 11 is 1.41. The minimum atomic E-state index is -0.209. The van der Waals surface area contributed by atoms with Crippen molar-refractivity contribution < 1.29 is 9.18 Å². The van der Waals surface area contributed by atoms with Gasteiger partial charge < -0.3 is 10.2 Å². The SMILES string of the molecule is CNC1CCN(C(=O)CCSc2ccccc2F)CC1.Cl. The van der Waals surface area contributed by atoms with Crippen LogP contribution < -0.4 is 5.32 Å². The van der Waals surface area contributed by atoms with Crippen molar-refractivity contribution in [2.24, 2.45) is 0 Å². The Morgan fingerprint density at radius 2 is 2.05 bits per heavy atom. The zero-order valence-electron chi connectivity index (χ0n) is 12.2. The first-order valence-electron chi connectivity index (χ1n) is 7.03. The summed E-state index contributed by atoms with van der Waals surface area (Å²) in [5.74, 6) is 0.606. The van der Waals surface area contributed by atoms with Crippen molar-refractivity contribution in [1.82, 2.24) is 10.2 Å². The second-order valence-corrected chi connectivity index (χ2v) is 6.11. The molecule has 118 valence electrons. The highest BCUT2D eigenvalue weighted by Crippen LogP contribution is 2.22. The Bertz CT molecular complexity index is 453. The predicted octanol–water partition coefficient (Wildman–Crippen LogP) is 2.94. The molecule has 1 aliphatic rings. The number of nitrogens with one attached hydrogen (secondary N) is 1. The van der Waals surface area contributed by atoms with E-state index in [1.54, 1.807) is 12.1 Å². The van der Waals surface area contributed by atoms with E-state index in [1.807, 2.05) is 18.0 Å². The van der Waals surface area contributed by atoms with Gasteiger partial charge in [0.2, 0.25) is 5.91 Å².